The molecule has 0 aliphatic rings. The van der Waals surface area contributed by atoms with Crippen molar-refractivity contribution in [1.29, 1.82) is 0 Å². The number of rotatable bonds is 0. The fourth-order valence-corrected chi connectivity index (χ4v) is 0. The summed E-state index contributed by atoms with van der Waals surface area (Å²) in [6.45, 7) is 0. The van der Waals surface area contributed by atoms with E-state index in [1.165, 1.54) is 0 Å². The van der Waals surface area contributed by atoms with Crippen LogP contribution in [0.3, 0.4) is 0 Å². The Morgan fingerprint density at radius 1 is 1.25 bits per heavy atom. The molecule has 24 valence electrons. The molecule has 0 amide bonds. The van der Waals surface area contributed by atoms with Gasteiger partial charge < -0.3 is 8.33 Å². The molecule has 0 aromatic rings. The molecule has 2 radical (unpaired) electrons. The van der Waals surface area contributed by atoms with Crippen molar-refractivity contribution < 1.29 is 8.33 Å². The van der Waals surface area contributed by atoms with Crippen molar-refractivity contribution in [1.82, 2.24) is 0 Å². The summed E-state index contributed by atoms with van der Waals surface area (Å²) in [4.78, 5) is 0. The molecule has 0 saturated heterocycles. The van der Waals surface area contributed by atoms with Crippen LogP contribution in [0.1, 0.15) is 2.85 Å². The maximum atomic E-state index is 0. The van der Waals surface area contributed by atoms with Crippen LogP contribution in [-0.2, 0) is 0 Å². The minimum atomic E-state index is 0. The van der Waals surface area contributed by atoms with Gasteiger partial charge in [-0.3, -0.25) is 0 Å². The van der Waals surface area contributed by atoms with Gasteiger partial charge in [0.05, 0.1) is 0 Å². The van der Waals surface area contributed by atoms with Crippen LogP contribution in [0.2, 0.25) is 0 Å². The Morgan fingerprint density at radius 2 is 1.25 bits per heavy atom. The Labute approximate surface area is 74.3 Å². The Bertz CT molecular complexity index is 13.5. The van der Waals surface area contributed by atoms with Gasteiger partial charge in [0.1, 0.15) is 0 Å². The average molecular weight is 238 g/mol. The summed E-state index contributed by atoms with van der Waals surface area (Å²) in [6, 6.07) is 0. The zero-order valence-electron chi connectivity index (χ0n) is 3.91. The fraction of sp³-hybridized carbons (Fsp3) is 0. The molecule has 0 aromatic heterocycles. The first-order chi connectivity index (χ1) is 0. The Morgan fingerprint density at radius 3 is 1.25 bits per heavy atom. The van der Waals surface area contributed by atoms with Gasteiger partial charge in [0.15, 0.2) is 0 Å². The van der Waals surface area contributed by atoms with Gasteiger partial charge in [0, 0.05) is 0 Å². The predicted molar refractivity (Wildman–Crippen MR) is 30.1 cm³/mol. The van der Waals surface area contributed by atoms with E-state index in [4.69, 9.17) is 0 Å². The molecule has 2 N–H and O–H groups in total. The molecular weight excluding hydrogens is 229 g/mol. The first-order valence-electron chi connectivity index (χ1n) is 0. The normalized spacial score (nSPS) is 0. The first kappa shape index (κ1) is 35.1. The quantitative estimate of drug-likeness (QED) is 0.401. The molecule has 0 unspecified atom stereocenters. The Kier molecular flexibility index (Phi) is 168. The second-order valence-electron chi connectivity index (χ2n) is 0. The van der Waals surface area contributed by atoms with E-state index < -0.39 is 0 Å². The summed E-state index contributed by atoms with van der Waals surface area (Å²) in [6.07, 6.45) is 0. The topological polar surface area (TPSA) is 31.5 Å². The third-order valence-corrected chi connectivity index (χ3v) is 0. The maximum absolute atomic E-state index is 0. The van der Waals surface area contributed by atoms with Crippen LogP contribution in [0.4, 0.5) is 0 Å². The summed E-state index contributed by atoms with van der Waals surface area (Å²) in [7, 11) is 0. The minimum absolute atomic E-state index is 0. The Hall–Kier alpha value is 2.16. The van der Waals surface area contributed by atoms with Gasteiger partial charge in [0.25, 0.3) is 0 Å². The van der Waals surface area contributed by atoms with Gasteiger partial charge in [-0.05, 0) is 0 Å². The van der Waals surface area contributed by atoms with Crippen molar-refractivity contribution in [3.8, 4) is 0 Å². The van der Waals surface area contributed by atoms with Gasteiger partial charge in [-0.1, -0.05) is 0 Å². The molecule has 0 aromatic carbocycles. The van der Waals surface area contributed by atoms with E-state index in [0.717, 1.165) is 0 Å². The molecule has 0 bridgehead atoms. The molecule has 0 saturated carbocycles. The molecule has 4 heavy (non-hydrogen) atoms. The zero-order valence-corrected chi connectivity index (χ0v) is 7.36. The van der Waals surface area contributed by atoms with Crippen molar-refractivity contribution in [2.45, 2.75) is 0 Å². The summed E-state index contributed by atoms with van der Waals surface area (Å²) < 4.78 is 0. The average Bonchev–Trinajstić information content (AvgIpc) is 0. The number of hydrogen-bond acceptors (Lipinski definition) is 0. The van der Waals surface area contributed by atoms with Crippen LogP contribution in [0.5, 0.6) is 0 Å². The molecule has 0 atom stereocenters. The summed E-state index contributed by atoms with van der Waals surface area (Å²) in [5, 5.41) is 0. The third-order valence-electron chi connectivity index (χ3n) is 0. The van der Waals surface area contributed by atoms with Crippen LogP contribution >= 0.6 is 0 Å². The molecule has 0 fully saturated rings. The van der Waals surface area contributed by atoms with Gasteiger partial charge in [-0.25, -0.2) is 0 Å². The van der Waals surface area contributed by atoms with E-state index in [2.05, 4.69) is 0 Å². The molecule has 1 nitrogen and oxygen atoms in total. The molecule has 0 aliphatic heterocycles. The van der Waals surface area contributed by atoms with Crippen LogP contribution in [0.15, 0.2) is 0 Å². The molecular formula is H9GaMgOSn. The van der Waals surface area contributed by atoms with Crippen LogP contribution in [0, 0.1) is 0 Å². The monoisotopic (exact) mass is 238 g/mol. The second-order valence-corrected chi connectivity index (χ2v) is 0. The van der Waals surface area contributed by atoms with E-state index in [1.54, 1.807) is 0 Å². The molecule has 4 heteroatoms. The SMILES string of the molecule is O.[GaH3].[H-].[H-].[Mg+2].[SnH2]. The second kappa shape index (κ2) is 19.1. The van der Waals surface area contributed by atoms with Gasteiger partial charge in [-0.2, -0.15) is 0 Å². The first-order valence-corrected chi connectivity index (χ1v) is 0. The number of hydrogen-bond donors (Lipinski definition) is 0. The van der Waals surface area contributed by atoms with E-state index >= 15 is 0 Å². The van der Waals surface area contributed by atoms with Crippen molar-refractivity contribution >= 4 is 66.8 Å². The van der Waals surface area contributed by atoms with Crippen molar-refractivity contribution in [2.24, 2.45) is 0 Å². The predicted octanol–water partition coefficient (Wildman–Crippen LogP) is -3.08. The third kappa shape index (κ3) is 8.90. The molecule has 0 aliphatic carbocycles. The van der Waals surface area contributed by atoms with Gasteiger partial charge in [0.2, 0.25) is 0 Å². The molecule has 0 rings (SSSR count). The van der Waals surface area contributed by atoms with E-state index in [-0.39, 0.29) is 75.1 Å². The fourth-order valence-electron chi connectivity index (χ4n) is 0. The van der Waals surface area contributed by atoms with Crippen molar-refractivity contribution in [3.05, 3.63) is 0 Å². The van der Waals surface area contributed by atoms with Crippen LogP contribution in [0.25, 0.3) is 0 Å². The summed E-state index contributed by atoms with van der Waals surface area (Å²) >= 11 is 0. The van der Waals surface area contributed by atoms with E-state index in [9.17, 15) is 0 Å². The van der Waals surface area contributed by atoms with Crippen LogP contribution in [-0.4, -0.2) is 72.2 Å². The standard InChI is InChI=1S/Ga.Mg.H2O.Sn.7H/h;;1H2;;;;;;;;/q;+2;;;;;;;;2*-1. The zero-order chi connectivity index (χ0) is 0. The molecule has 0 heterocycles. The van der Waals surface area contributed by atoms with Crippen molar-refractivity contribution in [2.75, 3.05) is 0 Å². The summed E-state index contributed by atoms with van der Waals surface area (Å²) in [5.74, 6) is 0. The van der Waals surface area contributed by atoms with E-state index in [0.29, 0.717) is 0 Å². The summed E-state index contributed by atoms with van der Waals surface area (Å²) in [5.41, 5.74) is 0. The van der Waals surface area contributed by atoms with E-state index in [1.807, 2.05) is 0 Å². The van der Waals surface area contributed by atoms with Crippen LogP contribution < -0.4 is 0 Å². The van der Waals surface area contributed by atoms with Gasteiger partial charge in [-0.15, -0.1) is 0 Å². The Balaban J connectivity index is 0. The molecule has 0 spiro atoms. The van der Waals surface area contributed by atoms with Crippen molar-refractivity contribution in [3.63, 3.8) is 0 Å². The van der Waals surface area contributed by atoms with Gasteiger partial charge >= 0.3 is 66.8 Å².